The fraction of sp³-hybridized carbons (Fsp3) is 0.429. The lowest BCUT2D eigenvalue weighted by Gasteiger charge is -2.27. The maximum absolute atomic E-state index is 6.47. The molecule has 2 atom stereocenters. The molecule has 3 heteroatoms. The van der Waals surface area contributed by atoms with E-state index in [2.05, 4.69) is 29.8 Å². The zero-order valence-corrected chi connectivity index (χ0v) is 11.6. The minimum Gasteiger partial charge on any atom is -0.323 e. The first-order chi connectivity index (χ1) is 8.25. The third kappa shape index (κ3) is 2.07. The van der Waals surface area contributed by atoms with E-state index < -0.39 is 0 Å². The quantitative estimate of drug-likeness (QED) is 0.861. The highest BCUT2D eigenvalue weighted by molar-refractivity contribution is 7.10. The molecule has 0 radical (unpaired) electrons. The highest BCUT2D eigenvalue weighted by Gasteiger charge is 2.27. The van der Waals surface area contributed by atoms with Gasteiger partial charge in [-0.2, -0.15) is 0 Å². The fourth-order valence-corrected chi connectivity index (χ4v) is 4.51. The second-order valence-electron chi connectivity index (χ2n) is 4.81. The van der Waals surface area contributed by atoms with Gasteiger partial charge in [0.05, 0.1) is 0 Å². The summed E-state index contributed by atoms with van der Waals surface area (Å²) in [6, 6.07) is 4.70. The second-order valence-corrected chi connectivity index (χ2v) is 6.93. The fourth-order valence-electron chi connectivity index (χ4n) is 2.77. The Morgan fingerprint density at radius 1 is 1.41 bits per heavy atom. The summed E-state index contributed by atoms with van der Waals surface area (Å²) in [5, 5.41) is 4.44. The lowest BCUT2D eigenvalue weighted by Crippen LogP contribution is -2.22. The van der Waals surface area contributed by atoms with E-state index in [9.17, 15) is 0 Å². The molecule has 1 aliphatic carbocycles. The smallest absolute Gasteiger partial charge is 0.0373 e. The number of hydrogen-bond donors (Lipinski definition) is 1. The number of fused-ring (bicyclic) bond motifs is 1. The van der Waals surface area contributed by atoms with Crippen LogP contribution in [0.15, 0.2) is 22.9 Å². The number of thiophene rings is 2. The van der Waals surface area contributed by atoms with Gasteiger partial charge in [-0.3, -0.25) is 0 Å². The summed E-state index contributed by atoms with van der Waals surface area (Å²) in [5.74, 6) is 0.527. The summed E-state index contributed by atoms with van der Waals surface area (Å²) in [6.45, 7) is 2.15. The molecule has 2 unspecified atom stereocenters. The van der Waals surface area contributed by atoms with Crippen molar-refractivity contribution in [3.05, 3.63) is 43.8 Å². The van der Waals surface area contributed by atoms with Crippen LogP contribution in [0.4, 0.5) is 0 Å². The average Bonchev–Trinajstić information content (AvgIpc) is 2.95. The summed E-state index contributed by atoms with van der Waals surface area (Å²) in [4.78, 5) is 2.92. The lowest BCUT2D eigenvalue weighted by atomic mass is 9.81. The first-order valence-corrected chi connectivity index (χ1v) is 7.88. The SMILES string of the molecule is Cc1cc(C(N)C2CCCc3sccc32)cs1. The molecular formula is C14H17NS2. The molecule has 0 bridgehead atoms. The number of aryl methyl sites for hydroxylation is 2. The molecule has 2 N–H and O–H groups in total. The predicted molar refractivity (Wildman–Crippen MR) is 76.0 cm³/mol. The number of hydrogen-bond acceptors (Lipinski definition) is 3. The van der Waals surface area contributed by atoms with E-state index >= 15 is 0 Å². The van der Waals surface area contributed by atoms with Crippen LogP contribution in [-0.4, -0.2) is 0 Å². The van der Waals surface area contributed by atoms with E-state index in [-0.39, 0.29) is 6.04 Å². The molecule has 1 nitrogen and oxygen atoms in total. The van der Waals surface area contributed by atoms with E-state index in [0.717, 1.165) is 0 Å². The van der Waals surface area contributed by atoms with Crippen LogP contribution in [0, 0.1) is 6.92 Å². The van der Waals surface area contributed by atoms with Gasteiger partial charge in [0, 0.05) is 21.7 Å². The molecule has 17 heavy (non-hydrogen) atoms. The molecular weight excluding hydrogens is 246 g/mol. The zero-order chi connectivity index (χ0) is 11.8. The maximum atomic E-state index is 6.47. The molecule has 0 amide bonds. The van der Waals surface area contributed by atoms with Crippen molar-refractivity contribution in [2.24, 2.45) is 5.73 Å². The van der Waals surface area contributed by atoms with Crippen molar-refractivity contribution in [1.29, 1.82) is 0 Å². The van der Waals surface area contributed by atoms with Gasteiger partial charge in [0.2, 0.25) is 0 Å². The summed E-state index contributed by atoms with van der Waals surface area (Å²) in [7, 11) is 0. The first-order valence-electron chi connectivity index (χ1n) is 6.12. The Bertz CT molecular complexity index is 512. The van der Waals surface area contributed by atoms with E-state index in [4.69, 9.17) is 5.73 Å². The standard InChI is InChI=1S/C14H17NS2/c1-9-7-10(8-17-9)14(15)12-3-2-4-13-11(12)5-6-16-13/h5-8,12,14H,2-4,15H2,1H3. The Hall–Kier alpha value is -0.640. The molecule has 90 valence electrons. The number of rotatable bonds is 2. The van der Waals surface area contributed by atoms with Crippen molar-refractivity contribution in [3.63, 3.8) is 0 Å². The zero-order valence-electron chi connectivity index (χ0n) is 9.98. The van der Waals surface area contributed by atoms with E-state index in [1.54, 1.807) is 16.2 Å². The minimum absolute atomic E-state index is 0.175. The van der Waals surface area contributed by atoms with Gasteiger partial charge < -0.3 is 5.73 Å². The summed E-state index contributed by atoms with van der Waals surface area (Å²) >= 11 is 3.70. The van der Waals surface area contributed by atoms with Crippen LogP contribution in [0.25, 0.3) is 0 Å². The van der Waals surface area contributed by atoms with Crippen LogP contribution in [-0.2, 0) is 6.42 Å². The molecule has 1 aliphatic rings. The third-order valence-corrected chi connectivity index (χ3v) is 5.54. The van der Waals surface area contributed by atoms with E-state index in [1.807, 2.05) is 11.3 Å². The van der Waals surface area contributed by atoms with Crippen LogP contribution in [0.3, 0.4) is 0 Å². The van der Waals surface area contributed by atoms with Gasteiger partial charge in [0.25, 0.3) is 0 Å². The van der Waals surface area contributed by atoms with Crippen molar-refractivity contribution >= 4 is 22.7 Å². The molecule has 3 rings (SSSR count). The Morgan fingerprint density at radius 2 is 2.29 bits per heavy atom. The molecule has 0 saturated carbocycles. The molecule has 2 heterocycles. The summed E-state index contributed by atoms with van der Waals surface area (Å²) in [6.07, 6.45) is 3.77. The molecule has 0 spiro atoms. The third-order valence-electron chi connectivity index (χ3n) is 3.67. The molecule has 0 saturated heterocycles. The van der Waals surface area contributed by atoms with Crippen molar-refractivity contribution < 1.29 is 0 Å². The van der Waals surface area contributed by atoms with Gasteiger partial charge >= 0.3 is 0 Å². The summed E-state index contributed by atoms with van der Waals surface area (Å²) < 4.78 is 0. The van der Waals surface area contributed by atoms with Gasteiger partial charge in [0.15, 0.2) is 0 Å². The predicted octanol–water partition coefficient (Wildman–Crippen LogP) is 4.24. The second kappa shape index (κ2) is 4.56. The van der Waals surface area contributed by atoms with Crippen LogP contribution in [0.2, 0.25) is 0 Å². The van der Waals surface area contributed by atoms with Crippen LogP contribution in [0.5, 0.6) is 0 Å². The molecule has 2 aromatic rings. The maximum Gasteiger partial charge on any atom is 0.0373 e. The topological polar surface area (TPSA) is 26.0 Å². The van der Waals surface area contributed by atoms with Crippen molar-refractivity contribution in [3.8, 4) is 0 Å². The van der Waals surface area contributed by atoms with Gasteiger partial charge in [-0.25, -0.2) is 0 Å². The number of nitrogens with two attached hydrogens (primary N) is 1. The van der Waals surface area contributed by atoms with Crippen molar-refractivity contribution in [2.45, 2.75) is 38.1 Å². The minimum atomic E-state index is 0.175. The first kappa shape index (κ1) is 11.5. The average molecular weight is 263 g/mol. The van der Waals surface area contributed by atoms with Gasteiger partial charge in [-0.05, 0) is 60.2 Å². The molecule has 0 aliphatic heterocycles. The van der Waals surface area contributed by atoms with Crippen LogP contribution >= 0.6 is 22.7 Å². The Morgan fingerprint density at radius 3 is 3.06 bits per heavy atom. The highest BCUT2D eigenvalue weighted by atomic mass is 32.1. The Labute approximate surface area is 110 Å². The normalized spacial score (nSPS) is 21.2. The largest absolute Gasteiger partial charge is 0.323 e. The van der Waals surface area contributed by atoms with Gasteiger partial charge in [-0.1, -0.05) is 0 Å². The monoisotopic (exact) mass is 263 g/mol. The Balaban J connectivity index is 1.91. The van der Waals surface area contributed by atoms with Crippen LogP contribution < -0.4 is 5.73 Å². The lowest BCUT2D eigenvalue weighted by molar-refractivity contribution is 0.480. The highest BCUT2D eigenvalue weighted by Crippen LogP contribution is 2.41. The van der Waals surface area contributed by atoms with Gasteiger partial charge in [-0.15, -0.1) is 22.7 Å². The van der Waals surface area contributed by atoms with Crippen molar-refractivity contribution in [2.75, 3.05) is 0 Å². The molecule has 0 aromatic carbocycles. The van der Waals surface area contributed by atoms with Crippen LogP contribution in [0.1, 0.15) is 45.7 Å². The van der Waals surface area contributed by atoms with E-state index in [1.165, 1.54) is 35.3 Å². The molecule has 2 aromatic heterocycles. The van der Waals surface area contributed by atoms with E-state index in [0.29, 0.717) is 5.92 Å². The van der Waals surface area contributed by atoms with Crippen molar-refractivity contribution in [1.82, 2.24) is 0 Å². The van der Waals surface area contributed by atoms with Gasteiger partial charge in [0.1, 0.15) is 0 Å². The Kier molecular flexibility index (Phi) is 3.07. The molecule has 0 fully saturated rings. The summed E-state index contributed by atoms with van der Waals surface area (Å²) in [5.41, 5.74) is 9.30.